The summed E-state index contributed by atoms with van der Waals surface area (Å²) in [6.45, 7) is 2.16. The number of nitrogens with one attached hydrogen (secondary N) is 1. The number of rotatable bonds is 4. The van der Waals surface area contributed by atoms with Crippen LogP contribution in [-0.4, -0.2) is 4.98 Å². The van der Waals surface area contributed by atoms with Crippen LogP contribution in [0, 0.1) is 0 Å². The Morgan fingerprint density at radius 3 is 3.00 bits per heavy atom. The van der Waals surface area contributed by atoms with Gasteiger partial charge in [-0.25, -0.2) is 5.43 Å². The molecule has 0 aromatic carbocycles. The van der Waals surface area contributed by atoms with E-state index in [0.717, 1.165) is 12.0 Å². The highest BCUT2D eigenvalue weighted by molar-refractivity contribution is 7.10. The van der Waals surface area contributed by atoms with Crippen LogP contribution in [0.2, 0.25) is 0 Å². The minimum absolute atomic E-state index is 0.0450. The van der Waals surface area contributed by atoms with Gasteiger partial charge in [-0.2, -0.15) is 0 Å². The molecule has 0 fully saturated rings. The smallest absolute Gasteiger partial charge is 0.0820 e. The van der Waals surface area contributed by atoms with E-state index in [4.69, 9.17) is 5.84 Å². The Bertz CT molecular complexity index is 439. The number of hydrazine groups is 1. The maximum atomic E-state index is 5.65. The molecule has 4 heteroatoms. The normalized spacial score (nSPS) is 12.6. The van der Waals surface area contributed by atoms with E-state index in [-0.39, 0.29) is 6.04 Å². The predicted molar refractivity (Wildman–Crippen MR) is 67.1 cm³/mol. The lowest BCUT2D eigenvalue weighted by Gasteiger charge is -2.16. The van der Waals surface area contributed by atoms with Gasteiger partial charge in [0.1, 0.15) is 0 Å². The fraction of sp³-hybridized carbons (Fsp3) is 0.250. The predicted octanol–water partition coefficient (Wildman–Crippen LogP) is 2.26. The Morgan fingerprint density at radius 1 is 1.50 bits per heavy atom. The summed E-state index contributed by atoms with van der Waals surface area (Å²) in [7, 11) is 0. The van der Waals surface area contributed by atoms with Gasteiger partial charge in [-0.15, -0.1) is 11.3 Å². The van der Waals surface area contributed by atoms with Crippen molar-refractivity contribution in [3.05, 3.63) is 52.0 Å². The van der Waals surface area contributed by atoms with Crippen LogP contribution >= 0.6 is 11.3 Å². The van der Waals surface area contributed by atoms with E-state index in [9.17, 15) is 0 Å². The van der Waals surface area contributed by atoms with Gasteiger partial charge in [0.05, 0.1) is 6.04 Å². The monoisotopic (exact) mass is 233 g/mol. The van der Waals surface area contributed by atoms with E-state index >= 15 is 0 Å². The van der Waals surface area contributed by atoms with Crippen LogP contribution < -0.4 is 11.3 Å². The van der Waals surface area contributed by atoms with E-state index in [1.807, 2.05) is 18.3 Å². The summed E-state index contributed by atoms with van der Waals surface area (Å²) in [5, 5.41) is 2.11. The molecule has 2 rings (SSSR count). The van der Waals surface area contributed by atoms with Crippen LogP contribution in [0.15, 0.2) is 36.0 Å². The van der Waals surface area contributed by atoms with Gasteiger partial charge in [0, 0.05) is 17.3 Å². The maximum absolute atomic E-state index is 5.65. The Balaban J connectivity index is 2.37. The number of aryl methyl sites for hydroxylation is 1. The quantitative estimate of drug-likeness (QED) is 0.629. The minimum atomic E-state index is 0.0450. The summed E-state index contributed by atoms with van der Waals surface area (Å²) in [5.41, 5.74) is 5.31. The Labute approximate surface area is 99.3 Å². The zero-order valence-corrected chi connectivity index (χ0v) is 10.00. The molecule has 0 saturated heterocycles. The molecule has 0 aliphatic heterocycles. The summed E-state index contributed by atoms with van der Waals surface area (Å²) in [6, 6.07) is 6.17. The first kappa shape index (κ1) is 11.3. The second-order valence-electron chi connectivity index (χ2n) is 3.55. The van der Waals surface area contributed by atoms with Gasteiger partial charge in [0.15, 0.2) is 0 Å². The third-order valence-corrected chi connectivity index (χ3v) is 3.63. The topological polar surface area (TPSA) is 50.9 Å². The lowest BCUT2D eigenvalue weighted by molar-refractivity contribution is 0.639. The van der Waals surface area contributed by atoms with Gasteiger partial charge < -0.3 is 0 Å². The number of pyridine rings is 1. The molecule has 0 spiro atoms. The van der Waals surface area contributed by atoms with E-state index < -0.39 is 0 Å². The van der Waals surface area contributed by atoms with E-state index in [0.29, 0.717) is 0 Å². The highest BCUT2D eigenvalue weighted by Gasteiger charge is 2.16. The molecule has 1 unspecified atom stereocenters. The first-order valence-corrected chi connectivity index (χ1v) is 6.17. The van der Waals surface area contributed by atoms with Gasteiger partial charge in [-0.05, 0) is 35.1 Å². The molecular formula is C12H15N3S. The van der Waals surface area contributed by atoms with Gasteiger partial charge >= 0.3 is 0 Å². The molecule has 2 aromatic rings. The van der Waals surface area contributed by atoms with Crippen molar-refractivity contribution in [2.75, 3.05) is 0 Å². The van der Waals surface area contributed by atoms with Crippen molar-refractivity contribution in [1.29, 1.82) is 0 Å². The third kappa shape index (κ3) is 2.14. The zero-order chi connectivity index (χ0) is 11.4. The van der Waals surface area contributed by atoms with Gasteiger partial charge in [-0.1, -0.05) is 13.0 Å². The summed E-state index contributed by atoms with van der Waals surface area (Å²) in [6.07, 6.45) is 4.65. The summed E-state index contributed by atoms with van der Waals surface area (Å²) < 4.78 is 0. The van der Waals surface area contributed by atoms with Crippen LogP contribution in [0.5, 0.6) is 0 Å². The molecule has 3 N–H and O–H groups in total. The number of hydrogen-bond donors (Lipinski definition) is 2. The van der Waals surface area contributed by atoms with Crippen molar-refractivity contribution in [3.8, 4) is 0 Å². The highest BCUT2D eigenvalue weighted by atomic mass is 32.1. The summed E-state index contributed by atoms with van der Waals surface area (Å²) in [4.78, 5) is 5.40. The van der Waals surface area contributed by atoms with Crippen LogP contribution in [0.1, 0.15) is 29.0 Å². The first-order chi connectivity index (χ1) is 7.86. The molecular weight excluding hydrogens is 218 g/mol. The number of hydrogen-bond acceptors (Lipinski definition) is 4. The van der Waals surface area contributed by atoms with Crippen LogP contribution in [0.25, 0.3) is 0 Å². The van der Waals surface area contributed by atoms with Crippen molar-refractivity contribution in [1.82, 2.24) is 10.4 Å². The fourth-order valence-electron chi connectivity index (χ4n) is 1.76. The van der Waals surface area contributed by atoms with E-state index in [2.05, 4.69) is 28.8 Å². The Kier molecular flexibility index (Phi) is 3.66. The van der Waals surface area contributed by atoms with Crippen molar-refractivity contribution in [2.45, 2.75) is 19.4 Å². The first-order valence-electron chi connectivity index (χ1n) is 5.29. The maximum Gasteiger partial charge on any atom is 0.0820 e. The Hall–Kier alpha value is -1.23. The van der Waals surface area contributed by atoms with Gasteiger partial charge in [0.2, 0.25) is 0 Å². The molecule has 1 atom stereocenters. The number of nitrogens with zero attached hydrogens (tertiary/aromatic N) is 1. The third-order valence-electron chi connectivity index (χ3n) is 2.61. The van der Waals surface area contributed by atoms with Crippen LogP contribution in [-0.2, 0) is 6.42 Å². The molecule has 0 aliphatic carbocycles. The van der Waals surface area contributed by atoms with Crippen molar-refractivity contribution < 1.29 is 0 Å². The van der Waals surface area contributed by atoms with Crippen LogP contribution in [0.4, 0.5) is 0 Å². The van der Waals surface area contributed by atoms with E-state index in [1.165, 1.54) is 10.4 Å². The summed E-state index contributed by atoms with van der Waals surface area (Å²) in [5.74, 6) is 5.65. The molecule has 2 aromatic heterocycles. The average molecular weight is 233 g/mol. The largest absolute Gasteiger partial charge is 0.271 e. The van der Waals surface area contributed by atoms with Gasteiger partial charge in [-0.3, -0.25) is 10.8 Å². The molecule has 0 bridgehead atoms. The zero-order valence-electron chi connectivity index (χ0n) is 9.18. The van der Waals surface area contributed by atoms with E-state index in [1.54, 1.807) is 17.5 Å². The number of thiophene rings is 1. The van der Waals surface area contributed by atoms with Crippen molar-refractivity contribution in [3.63, 3.8) is 0 Å². The number of nitrogens with two attached hydrogens (primary N) is 1. The molecule has 0 aliphatic rings. The molecule has 0 amide bonds. The molecule has 2 heterocycles. The standard InChI is InChI=1S/C12H15N3S/c1-2-9-5-7-16-12(9)11(15-13)10-4-3-6-14-8-10/h3-8,11,15H,2,13H2,1H3. The SMILES string of the molecule is CCc1ccsc1C(NN)c1cccnc1. The molecule has 3 nitrogen and oxygen atoms in total. The molecule has 0 saturated carbocycles. The average Bonchev–Trinajstić information content (AvgIpc) is 2.80. The highest BCUT2D eigenvalue weighted by Crippen LogP contribution is 2.29. The lowest BCUT2D eigenvalue weighted by atomic mass is 10.0. The van der Waals surface area contributed by atoms with Crippen LogP contribution in [0.3, 0.4) is 0 Å². The second-order valence-corrected chi connectivity index (χ2v) is 4.50. The van der Waals surface area contributed by atoms with Gasteiger partial charge in [0.25, 0.3) is 0 Å². The fourth-order valence-corrected chi connectivity index (χ4v) is 2.85. The summed E-state index contributed by atoms with van der Waals surface area (Å²) >= 11 is 1.73. The van der Waals surface area contributed by atoms with Crippen molar-refractivity contribution >= 4 is 11.3 Å². The molecule has 0 radical (unpaired) electrons. The van der Waals surface area contributed by atoms with Crippen molar-refractivity contribution in [2.24, 2.45) is 5.84 Å². The minimum Gasteiger partial charge on any atom is -0.271 e. The molecule has 16 heavy (non-hydrogen) atoms. The number of aromatic nitrogens is 1. The Morgan fingerprint density at radius 2 is 2.38 bits per heavy atom. The second kappa shape index (κ2) is 5.21. The molecule has 84 valence electrons. The lowest BCUT2D eigenvalue weighted by Crippen LogP contribution is -2.28.